The first-order valence-corrected chi connectivity index (χ1v) is 4.38. The summed E-state index contributed by atoms with van der Waals surface area (Å²) >= 11 is 0. The van der Waals surface area contributed by atoms with Gasteiger partial charge in [-0.2, -0.15) is 0 Å². The summed E-state index contributed by atoms with van der Waals surface area (Å²) in [5, 5.41) is 22.1. The molecule has 11 heavy (non-hydrogen) atoms. The van der Waals surface area contributed by atoms with Crippen molar-refractivity contribution in [2.24, 2.45) is 5.92 Å². The van der Waals surface area contributed by atoms with E-state index in [9.17, 15) is 10.2 Å². The standard InChI is InChI=1S/C8H15NO2/c10-8(11)5-9-7-4-2-1-3-6(7)8/h6-7,9-11H,1-5H2. The molecule has 2 unspecified atom stereocenters. The van der Waals surface area contributed by atoms with Gasteiger partial charge in [0.2, 0.25) is 0 Å². The van der Waals surface area contributed by atoms with E-state index in [1.807, 2.05) is 0 Å². The van der Waals surface area contributed by atoms with Crippen LogP contribution in [-0.2, 0) is 0 Å². The third kappa shape index (κ3) is 1.17. The molecule has 2 atom stereocenters. The molecule has 0 aromatic heterocycles. The Kier molecular flexibility index (Phi) is 1.67. The molecule has 0 amide bonds. The zero-order valence-corrected chi connectivity index (χ0v) is 6.58. The fourth-order valence-electron chi connectivity index (χ4n) is 2.34. The highest BCUT2D eigenvalue weighted by Crippen LogP contribution is 2.35. The van der Waals surface area contributed by atoms with E-state index in [2.05, 4.69) is 5.32 Å². The van der Waals surface area contributed by atoms with E-state index in [-0.39, 0.29) is 5.92 Å². The third-order valence-electron chi connectivity index (χ3n) is 2.98. The van der Waals surface area contributed by atoms with Crippen LogP contribution in [0.3, 0.4) is 0 Å². The number of aliphatic hydroxyl groups is 2. The van der Waals surface area contributed by atoms with E-state index in [1.54, 1.807) is 0 Å². The highest BCUT2D eigenvalue weighted by molar-refractivity contribution is 4.96. The molecule has 0 aromatic carbocycles. The van der Waals surface area contributed by atoms with E-state index >= 15 is 0 Å². The smallest absolute Gasteiger partial charge is 0.179 e. The van der Waals surface area contributed by atoms with Crippen molar-refractivity contribution in [1.82, 2.24) is 5.32 Å². The second kappa shape index (κ2) is 2.44. The summed E-state index contributed by atoms with van der Waals surface area (Å²) in [5.74, 6) is -1.35. The van der Waals surface area contributed by atoms with Crippen molar-refractivity contribution in [2.45, 2.75) is 37.5 Å². The van der Waals surface area contributed by atoms with Crippen LogP contribution in [0.5, 0.6) is 0 Å². The summed E-state index contributed by atoms with van der Waals surface area (Å²) in [6, 6.07) is 0.360. The van der Waals surface area contributed by atoms with Crippen molar-refractivity contribution >= 4 is 0 Å². The molecule has 3 heteroatoms. The Hall–Kier alpha value is -0.120. The maximum Gasteiger partial charge on any atom is 0.179 e. The van der Waals surface area contributed by atoms with Gasteiger partial charge in [0.25, 0.3) is 0 Å². The van der Waals surface area contributed by atoms with Gasteiger partial charge in [-0.25, -0.2) is 0 Å². The zero-order valence-electron chi connectivity index (χ0n) is 6.58. The van der Waals surface area contributed by atoms with Gasteiger partial charge in [0, 0.05) is 18.5 Å². The molecule has 64 valence electrons. The molecule has 3 N–H and O–H groups in total. The fraction of sp³-hybridized carbons (Fsp3) is 1.00. The van der Waals surface area contributed by atoms with Gasteiger partial charge in [0.05, 0.1) is 0 Å². The predicted molar refractivity (Wildman–Crippen MR) is 40.9 cm³/mol. The molecule has 0 aromatic rings. The van der Waals surface area contributed by atoms with E-state index in [0.29, 0.717) is 12.6 Å². The summed E-state index contributed by atoms with van der Waals surface area (Å²) in [6.07, 6.45) is 4.44. The minimum absolute atomic E-state index is 0.0799. The Morgan fingerprint density at radius 1 is 1.18 bits per heavy atom. The molecule has 1 aliphatic carbocycles. The molecule has 0 spiro atoms. The summed E-state index contributed by atoms with van der Waals surface area (Å²) in [5.41, 5.74) is 0. The molecule has 1 heterocycles. The van der Waals surface area contributed by atoms with Crippen LogP contribution in [0, 0.1) is 5.92 Å². The lowest BCUT2D eigenvalue weighted by atomic mass is 9.82. The molecule has 0 bridgehead atoms. The Morgan fingerprint density at radius 3 is 2.64 bits per heavy atom. The third-order valence-corrected chi connectivity index (χ3v) is 2.98. The Labute approximate surface area is 66.4 Å². The van der Waals surface area contributed by atoms with Crippen molar-refractivity contribution in [3.8, 4) is 0 Å². The largest absolute Gasteiger partial charge is 0.364 e. The predicted octanol–water partition coefficient (Wildman–Crippen LogP) is -0.171. The van der Waals surface area contributed by atoms with Crippen LogP contribution in [0.1, 0.15) is 25.7 Å². The molecule has 0 radical (unpaired) electrons. The van der Waals surface area contributed by atoms with E-state index in [1.165, 1.54) is 6.42 Å². The zero-order chi connectivity index (χ0) is 7.90. The van der Waals surface area contributed by atoms with Gasteiger partial charge in [0.1, 0.15) is 0 Å². The summed E-state index contributed by atoms with van der Waals surface area (Å²) < 4.78 is 0. The molecule has 1 saturated heterocycles. The Morgan fingerprint density at radius 2 is 1.91 bits per heavy atom. The molecular formula is C8H15NO2. The normalized spacial score (nSPS) is 42.0. The maximum absolute atomic E-state index is 9.48. The van der Waals surface area contributed by atoms with E-state index in [4.69, 9.17) is 0 Å². The number of nitrogens with one attached hydrogen (secondary N) is 1. The summed E-state index contributed by atoms with van der Waals surface area (Å²) in [7, 11) is 0. The van der Waals surface area contributed by atoms with Gasteiger partial charge in [-0.05, 0) is 12.8 Å². The average Bonchev–Trinajstić information content (AvgIpc) is 2.29. The van der Waals surface area contributed by atoms with Gasteiger partial charge in [0.15, 0.2) is 5.79 Å². The van der Waals surface area contributed by atoms with Gasteiger partial charge in [-0.1, -0.05) is 12.8 Å². The first kappa shape index (κ1) is 7.53. The lowest BCUT2D eigenvalue weighted by molar-refractivity contribution is -0.180. The number of β-amino-alcohol motifs (C(OH)–C–C–N with tert-alkyl or cyclic N) is 2. The number of fused-ring (bicyclic) bond motifs is 1. The highest BCUT2D eigenvalue weighted by atomic mass is 16.5. The fourth-order valence-corrected chi connectivity index (χ4v) is 2.34. The van der Waals surface area contributed by atoms with Gasteiger partial charge >= 0.3 is 0 Å². The Bertz CT molecular complexity index is 158. The van der Waals surface area contributed by atoms with Crippen molar-refractivity contribution in [3.63, 3.8) is 0 Å². The molecule has 2 fully saturated rings. The first-order chi connectivity index (χ1) is 5.20. The number of hydrogen-bond acceptors (Lipinski definition) is 3. The van der Waals surface area contributed by atoms with Crippen molar-refractivity contribution < 1.29 is 10.2 Å². The second-order valence-corrected chi connectivity index (χ2v) is 3.76. The van der Waals surface area contributed by atoms with Crippen LogP contribution in [0.2, 0.25) is 0 Å². The van der Waals surface area contributed by atoms with Crippen molar-refractivity contribution in [3.05, 3.63) is 0 Å². The van der Waals surface area contributed by atoms with Crippen LogP contribution in [-0.4, -0.2) is 28.6 Å². The highest BCUT2D eigenvalue weighted by Gasteiger charge is 2.46. The topological polar surface area (TPSA) is 52.5 Å². The summed E-state index contributed by atoms with van der Waals surface area (Å²) in [4.78, 5) is 0. The quantitative estimate of drug-likeness (QED) is 0.428. The average molecular weight is 157 g/mol. The lowest BCUT2D eigenvalue weighted by Crippen LogP contribution is -2.40. The van der Waals surface area contributed by atoms with Crippen molar-refractivity contribution in [1.29, 1.82) is 0 Å². The molecule has 1 saturated carbocycles. The molecule has 2 aliphatic rings. The van der Waals surface area contributed by atoms with E-state index < -0.39 is 5.79 Å². The van der Waals surface area contributed by atoms with Gasteiger partial charge in [-0.3, -0.25) is 0 Å². The number of rotatable bonds is 0. The van der Waals surface area contributed by atoms with Gasteiger partial charge in [-0.15, -0.1) is 0 Å². The maximum atomic E-state index is 9.48. The first-order valence-electron chi connectivity index (χ1n) is 4.38. The van der Waals surface area contributed by atoms with Gasteiger partial charge < -0.3 is 15.5 Å². The van der Waals surface area contributed by atoms with Crippen LogP contribution in [0.15, 0.2) is 0 Å². The van der Waals surface area contributed by atoms with Crippen LogP contribution in [0.25, 0.3) is 0 Å². The second-order valence-electron chi connectivity index (χ2n) is 3.76. The van der Waals surface area contributed by atoms with Crippen molar-refractivity contribution in [2.75, 3.05) is 6.54 Å². The number of hydrogen-bond donors (Lipinski definition) is 3. The Balaban J connectivity index is 2.10. The lowest BCUT2D eigenvalue weighted by Gasteiger charge is -2.30. The molecular weight excluding hydrogens is 142 g/mol. The molecule has 2 rings (SSSR count). The minimum atomic E-state index is -1.43. The molecule has 3 nitrogen and oxygen atoms in total. The molecule has 1 aliphatic heterocycles. The summed E-state index contributed by atoms with van der Waals surface area (Å²) in [6.45, 7) is 0.350. The van der Waals surface area contributed by atoms with E-state index in [0.717, 1.165) is 19.3 Å². The van der Waals surface area contributed by atoms with Crippen LogP contribution in [0.4, 0.5) is 0 Å². The van der Waals surface area contributed by atoms with Crippen LogP contribution < -0.4 is 5.32 Å². The van der Waals surface area contributed by atoms with Crippen LogP contribution >= 0.6 is 0 Å². The monoisotopic (exact) mass is 157 g/mol. The SMILES string of the molecule is OC1(O)CNC2CCCCC21. The minimum Gasteiger partial charge on any atom is -0.364 e.